The van der Waals surface area contributed by atoms with E-state index in [0.717, 1.165) is 6.92 Å². The molecule has 0 heterocycles. The van der Waals surface area contributed by atoms with Crippen LogP contribution in [0.2, 0.25) is 0 Å². The highest BCUT2D eigenvalue weighted by Crippen LogP contribution is 2.07. The van der Waals surface area contributed by atoms with Crippen LogP contribution in [0.3, 0.4) is 0 Å². The van der Waals surface area contributed by atoms with Gasteiger partial charge >= 0.3 is 11.9 Å². The Labute approximate surface area is 350 Å². The third-order valence-electron chi connectivity index (χ3n) is 8.57. The van der Waals surface area contributed by atoms with Crippen molar-refractivity contribution in [2.24, 2.45) is 11.7 Å². The molecule has 61 heavy (non-hydrogen) atoms. The summed E-state index contributed by atoms with van der Waals surface area (Å²) in [5, 5.41) is 65.9. The lowest BCUT2D eigenvalue weighted by molar-refractivity contribution is -0.142. The summed E-state index contributed by atoms with van der Waals surface area (Å²) in [7, 11) is 0. The SMILES string of the molecule is CC(C)C[C@H](NC(=O)[C@@H](N)CO)C(=O)NCC(=O)NCC(=O)N[C@@H](CO)C(=O)N[C@H](C(=O)N[C@@H](CCC(=O)O)C(=O)N[C@@H](C)C(=O)N[C@@H](Cc1ccccc1)C(=O)O)[C@@H](C)O. The first-order valence-electron chi connectivity index (χ1n) is 19.1. The van der Waals surface area contributed by atoms with Gasteiger partial charge in [-0.2, -0.15) is 0 Å². The molecule has 340 valence electrons. The monoisotopic (exact) mass is 867 g/mol. The van der Waals surface area contributed by atoms with Crippen molar-refractivity contribution >= 4 is 59.2 Å². The maximum atomic E-state index is 13.3. The number of nitrogens with two attached hydrogens (primary N) is 1. The number of amides is 8. The molecule has 0 aromatic heterocycles. The van der Waals surface area contributed by atoms with E-state index in [1.165, 1.54) is 6.92 Å². The molecule has 0 fully saturated rings. The molecular formula is C37H57N9O15. The number of carbonyl (C=O) groups is 10. The van der Waals surface area contributed by atoms with E-state index < -0.39 is 147 Å². The van der Waals surface area contributed by atoms with E-state index >= 15 is 0 Å². The number of aliphatic hydroxyl groups excluding tert-OH is 3. The van der Waals surface area contributed by atoms with E-state index in [0.29, 0.717) is 5.56 Å². The first-order chi connectivity index (χ1) is 28.6. The molecular weight excluding hydrogens is 810 g/mol. The topological polar surface area (TPSA) is 394 Å². The van der Waals surface area contributed by atoms with Gasteiger partial charge in [0.15, 0.2) is 0 Å². The zero-order valence-corrected chi connectivity index (χ0v) is 34.1. The first-order valence-corrected chi connectivity index (χ1v) is 19.1. The smallest absolute Gasteiger partial charge is 0.326 e. The molecule has 0 aliphatic heterocycles. The number of aliphatic hydroxyl groups is 3. The predicted molar refractivity (Wildman–Crippen MR) is 211 cm³/mol. The standard InChI is InChI=1S/C37H57N9O15/c1-18(2)12-24(44-32(55)22(38)16-47)33(56)40-14-27(50)39-15-28(51)42-26(17-48)35(58)46-30(20(4)49)36(59)43-23(10-11-29(52)53)34(57)41-19(3)31(54)45-25(37(60)61)13-21-8-6-5-7-9-21/h5-9,18-20,22-26,30,47-49H,10-17,38H2,1-4H3,(H,39,50)(H,40,56)(H,41,57)(H,42,51)(H,43,59)(H,44,55)(H,45,54)(H,46,58)(H,52,53)(H,60,61)/t19-,20+,22-,23-,24-,25-,26-,30-/m0/s1. The van der Waals surface area contributed by atoms with Crippen LogP contribution in [0, 0.1) is 5.92 Å². The van der Waals surface area contributed by atoms with Crippen molar-refractivity contribution in [1.29, 1.82) is 0 Å². The van der Waals surface area contributed by atoms with Crippen molar-refractivity contribution in [3.05, 3.63) is 35.9 Å². The highest BCUT2D eigenvalue weighted by molar-refractivity contribution is 5.97. The fourth-order valence-corrected chi connectivity index (χ4v) is 5.22. The highest BCUT2D eigenvalue weighted by Gasteiger charge is 2.34. The second-order valence-electron chi connectivity index (χ2n) is 14.3. The minimum Gasteiger partial charge on any atom is -0.481 e. The molecule has 24 heteroatoms. The zero-order valence-electron chi connectivity index (χ0n) is 34.1. The van der Waals surface area contributed by atoms with Gasteiger partial charge < -0.3 is 73.8 Å². The number of hydrogen-bond acceptors (Lipinski definition) is 14. The second kappa shape index (κ2) is 26.8. The van der Waals surface area contributed by atoms with Crippen LogP contribution in [0.5, 0.6) is 0 Å². The summed E-state index contributed by atoms with van der Waals surface area (Å²) in [5.74, 6) is -10.7. The molecule has 1 rings (SSSR count). The molecule has 15 N–H and O–H groups in total. The van der Waals surface area contributed by atoms with Gasteiger partial charge in [-0.1, -0.05) is 44.2 Å². The number of nitrogens with one attached hydrogen (secondary N) is 8. The van der Waals surface area contributed by atoms with Crippen molar-refractivity contribution in [2.75, 3.05) is 26.3 Å². The van der Waals surface area contributed by atoms with Gasteiger partial charge in [-0.3, -0.25) is 43.2 Å². The van der Waals surface area contributed by atoms with E-state index in [1.54, 1.807) is 44.2 Å². The van der Waals surface area contributed by atoms with E-state index in [2.05, 4.69) is 42.5 Å². The van der Waals surface area contributed by atoms with E-state index in [9.17, 15) is 68.4 Å². The summed E-state index contributed by atoms with van der Waals surface area (Å²) in [6, 6.07) is -2.06. The Morgan fingerprint density at radius 2 is 1.18 bits per heavy atom. The first kappa shape index (κ1) is 52.8. The summed E-state index contributed by atoms with van der Waals surface area (Å²) in [4.78, 5) is 125. The number of aliphatic carboxylic acids is 2. The molecule has 0 aliphatic carbocycles. The number of carbonyl (C=O) groups excluding carboxylic acids is 8. The normalized spacial score (nSPS) is 14.8. The zero-order chi connectivity index (χ0) is 46.4. The van der Waals surface area contributed by atoms with E-state index in [1.807, 2.05) is 0 Å². The van der Waals surface area contributed by atoms with Gasteiger partial charge in [-0.15, -0.1) is 0 Å². The molecule has 0 bridgehead atoms. The second-order valence-corrected chi connectivity index (χ2v) is 14.3. The molecule has 0 spiro atoms. The van der Waals surface area contributed by atoms with Gasteiger partial charge in [-0.05, 0) is 38.2 Å². The van der Waals surface area contributed by atoms with Gasteiger partial charge in [0.2, 0.25) is 47.3 Å². The molecule has 0 saturated carbocycles. The van der Waals surface area contributed by atoms with Crippen molar-refractivity contribution in [1.82, 2.24) is 42.5 Å². The van der Waals surface area contributed by atoms with Crippen molar-refractivity contribution in [2.45, 2.75) is 102 Å². The Bertz CT molecular complexity index is 1700. The fourth-order valence-electron chi connectivity index (χ4n) is 5.22. The van der Waals surface area contributed by atoms with Crippen molar-refractivity contribution in [3.8, 4) is 0 Å². The van der Waals surface area contributed by atoms with Crippen LogP contribution >= 0.6 is 0 Å². The molecule has 0 aliphatic rings. The van der Waals surface area contributed by atoms with Gasteiger partial charge in [0, 0.05) is 12.8 Å². The molecule has 0 radical (unpaired) electrons. The third kappa shape index (κ3) is 20.0. The van der Waals surface area contributed by atoms with Crippen molar-refractivity contribution < 1.29 is 73.5 Å². The average Bonchev–Trinajstić information content (AvgIpc) is 3.20. The van der Waals surface area contributed by atoms with Crippen molar-refractivity contribution in [3.63, 3.8) is 0 Å². The molecule has 8 amide bonds. The maximum Gasteiger partial charge on any atom is 0.326 e. The Balaban J connectivity index is 2.88. The lowest BCUT2D eigenvalue weighted by Gasteiger charge is -2.27. The molecule has 8 atom stereocenters. The number of hydrogen-bond donors (Lipinski definition) is 14. The minimum atomic E-state index is -1.86. The Morgan fingerprint density at radius 3 is 1.72 bits per heavy atom. The molecule has 0 saturated heterocycles. The van der Waals surface area contributed by atoms with Crippen LogP contribution in [-0.4, -0.2) is 159 Å². The Kier molecular flexibility index (Phi) is 23.2. The summed E-state index contributed by atoms with van der Waals surface area (Å²) in [5.41, 5.74) is 6.08. The largest absolute Gasteiger partial charge is 0.481 e. The average molecular weight is 868 g/mol. The maximum absolute atomic E-state index is 13.3. The van der Waals surface area contributed by atoms with Gasteiger partial charge in [0.1, 0.15) is 42.3 Å². The third-order valence-corrected chi connectivity index (χ3v) is 8.57. The predicted octanol–water partition coefficient (Wildman–Crippen LogP) is -5.92. The summed E-state index contributed by atoms with van der Waals surface area (Å²) in [6.45, 7) is 2.70. The number of rotatable bonds is 27. The van der Waals surface area contributed by atoms with Crippen LogP contribution < -0.4 is 48.3 Å². The Hall–Kier alpha value is -6.24. The summed E-state index contributed by atoms with van der Waals surface area (Å²) < 4.78 is 0. The lowest BCUT2D eigenvalue weighted by Crippen LogP contribution is -2.61. The molecule has 1 aromatic carbocycles. The number of benzene rings is 1. The van der Waals surface area contributed by atoms with Gasteiger partial charge in [-0.25, -0.2) is 4.79 Å². The molecule has 24 nitrogen and oxygen atoms in total. The quantitative estimate of drug-likeness (QED) is 0.0391. The van der Waals surface area contributed by atoms with Gasteiger partial charge in [0.05, 0.1) is 32.4 Å². The molecule has 0 unspecified atom stereocenters. The van der Waals surface area contributed by atoms with Crippen LogP contribution in [0.25, 0.3) is 0 Å². The Morgan fingerprint density at radius 1 is 0.607 bits per heavy atom. The van der Waals surface area contributed by atoms with Crippen LogP contribution in [-0.2, 0) is 54.4 Å². The minimum absolute atomic E-state index is 0.0722. The molecule has 1 aromatic rings. The van der Waals surface area contributed by atoms with Crippen LogP contribution in [0.4, 0.5) is 0 Å². The fraction of sp³-hybridized carbons (Fsp3) is 0.568. The van der Waals surface area contributed by atoms with Crippen LogP contribution in [0.15, 0.2) is 30.3 Å². The van der Waals surface area contributed by atoms with Gasteiger partial charge in [0.25, 0.3) is 0 Å². The summed E-state index contributed by atoms with van der Waals surface area (Å²) >= 11 is 0. The van der Waals surface area contributed by atoms with E-state index in [-0.39, 0.29) is 18.8 Å². The lowest BCUT2D eigenvalue weighted by atomic mass is 10.0. The number of carboxylic acids is 2. The highest BCUT2D eigenvalue weighted by atomic mass is 16.4. The summed E-state index contributed by atoms with van der Waals surface area (Å²) in [6.07, 6.45) is -2.80. The number of carboxylic acid groups (broad SMARTS) is 2. The van der Waals surface area contributed by atoms with Crippen LogP contribution in [0.1, 0.15) is 52.5 Å². The van der Waals surface area contributed by atoms with E-state index in [4.69, 9.17) is 10.8 Å².